The normalized spacial score (nSPS) is 17.3. The molecule has 0 aromatic heterocycles. The lowest BCUT2D eigenvalue weighted by Gasteiger charge is -2.43. The summed E-state index contributed by atoms with van der Waals surface area (Å²) in [7, 11) is -3.10. The van der Waals surface area contributed by atoms with Crippen LogP contribution in [0.4, 0.5) is 0 Å². The Morgan fingerprint density at radius 2 is 1.50 bits per heavy atom. The van der Waals surface area contributed by atoms with E-state index in [1.807, 2.05) is 36.4 Å². The quantitative estimate of drug-likeness (QED) is 0.784. The van der Waals surface area contributed by atoms with Crippen LogP contribution in [-0.2, 0) is 20.0 Å². The third-order valence-corrected chi connectivity index (χ3v) is 7.03. The predicted octanol–water partition coefficient (Wildman–Crippen LogP) is 3.03. The van der Waals surface area contributed by atoms with Gasteiger partial charge in [0.25, 0.3) is 0 Å². The number of benzene rings is 2. The molecule has 1 heterocycles. The van der Waals surface area contributed by atoms with Gasteiger partial charge in [0.05, 0.1) is 5.75 Å². The van der Waals surface area contributed by atoms with E-state index in [2.05, 4.69) is 24.3 Å². The highest BCUT2D eigenvalue weighted by Crippen LogP contribution is 2.40. The van der Waals surface area contributed by atoms with Crippen molar-refractivity contribution in [1.29, 1.82) is 0 Å². The van der Waals surface area contributed by atoms with Crippen molar-refractivity contribution in [2.45, 2.75) is 25.2 Å². The molecule has 26 heavy (non-hydrogen) atoms. The van der Waals surface area contributed by atoms with Crippen molar-refractivity contribution >= 4 is 15.7 Å². The molecular weight excluding hydrogens is 346 g/mol. The molecule has 0 bridgehead atoms. The molecule has 1 aliphatic rings. The smallest absolute Gasteiger partial charge is 0.222 e. The van der Waals surface area contributed by atoms with Crippen molar-refractivity contribution < 1.29 is 13.2 Å². The molecule has 3 rings (SSSR count). The number of rotatable bonds is 6. The van der Waals surface area contributed by atoms with Crippen LogP contribution in [0.25, 0.3) is 0 Å². The fourth-order valence-electron chi connectivity index (χ4n) is 3.72. The number of likely N-dealkylation sites (tertiary alicyclic amines) is 1. The van der Waals surface area contributed by atoms with E-state index in [4.69, 9.17) is 0 Å². The molecule has 0 radical (unpaired) electrons. The molecule has 0 unspecified atom stereocenters. The van der Waals surface area contributed by atoms with Gasteiger partial charge in [-0.15, -0.1) is 0 Å². The van der Waals surface area contributed by atoms with Crippen LogP contribution < -0.4 is 0 Å². The zero-order valence-corrected chi connectivity index (χ0v) is 15.9. The Labute approximate surface area is 155 Å². The van der Waals surface area contributed by atoms with E-state index in [0.29, 0.717) is 13.0 Å². The summed E-state index contributed by atoms with van der Waals surface area (Å²) in [5, 5.41) is 0. The molecule has 1 aliphatic heterocycles. The largest absolute Gasteiger partial charge is 0.340 e. The lowest BCUT2D eigenvalue weighted by atomic mass is 9.69. The maximum atomic E-state index is 12.5. The van der Waals surface area contributed by atoms with E-state index < -0.39 is 9.84 Å². The van der Waals surface area contributed by atoms with Crippen molar-refractivity contribution in [1.82, 2.24) is 4.90 Å². The van der Waals surface area contributed by atoms with E-state index in [-0.39, 0.29) is 29.4 Å². The van der Waals surface area contributed by atoms with Crippen LogP contribution in [0.2, 0.25) is 0 Å². The second kappa shape index (κ2) is 7.62. The average Bonchev–Trinajstić information content (AvgIpc) is 2.69. The van der Waals surface area contributed by atoms with Crippen LogP contribution in [0.5, 0.6) is 0 Å². The highest BCUT2D eigenvalue weighted by molar-refractivity contribution is 7.91. The van der Waals surface area contributed by atoms with Gasteiger partial charge in [0, 0.05) is 30.7 Å². The summed E-state index contributed by atoms with van der Waals surface area (Å²) in [5.74, 6) is 0.172. The second-order valence-corrected chi connectivity index (χ2v) is 9.34. The molecule has 2 aromatic rings. The number of carbonyl (C=O) groups is 1. The van der Waals surface area contributed by atoms with E-state index in [0.717, 1.165) is 6.42 Å². The maximum absolute atomic E-state index is 12.5. The summed E-state index contributed by atoms with van der Waals surface area (Å²) in [4.78, 5) is 14.2. The Kier molecular flexibility index (Phi) is 5.47. The van der Waals surface area contributed by atoms with Crippen LogP contribution in [0.1, 0.15) is 30.9 Å². The molecule has 0 spiro atoms. The average molecular weight is 372 g/mol. The van der Waals surface area contributed by atoms with Crippen molar-refractivity contribution in [2.75, 3.05) is 24.6 Å². The molecule has 0 N–H and O–H groups in total. The van der Waals surface area contributed by atoms with Crippen molar-refractivity contribution in [3.05, 3.63) is 71.8 Å². The van der Waals surface area contributed by atoms with Gasteiger partial charge >= 0.3 is 0 Å². The van der Waals surface area contributed by atoms with E-state index in [9.17, 15) is 13.2 Å². The molecule has 0 atom stereocenters. The van der Waals surface area contributed by atoms with Gasteiger partial charge < -0.3 is 4.90 Å². The molecule has 5 heteroatoms. The minimum absolute atomic E-state index is 0.0227. The van der Waals surface area contributed by atoms with Gasteiger partial charge in [-0.1, -0.05) is 67.6 Å². The summed E-state index contributed by atoms with van der Waals surface area (Å²) < 4.78 is 23.8. The number of sulfone groups is 1. The van der Waals surface area contributed by atoms with Crippen LogP contribution in [0, 0.1) is 0 Å². The highest BCUT2D eigenvalue weighted by Gasteiger charge is 2.41. The van der Waals surface area contributed by atoms with Crippen LogP contribution in [-0.4, -0.2) is 43.8 Å². The SMILES string of the molecule is CCS(=O)(=O)CCN1CC(c2ccccc2)(c2ccccc2)CCC1=O. The summed E-state index contributed by atoms with van der Waals surface area (Å²) in [6.45, 7) is 2.42. The Morgan fingerprint density at radius 3 is 2.00 bits per heavy atom. The van der Waals surface area contributed by atoms with Gasteiger partial charge in [-0.2, -0.15) is 0 Å². The predicted molar refractivity (Wildman–Crippen MR) is 104 cm³/mol. The molecular formula is C21H25NO3S. The van der Waals surface area contributed by atoms with Crippen LogP contribution >= 0.6 is 0 Å². The van der Waals surface area contributed by atoms with Gasteiger partial charge in [0.1, 0.15) is 0 Å². The van der Waals surface area contributed by atoms with Gasteiger partial charge in [0.15, 0.2) is 9.84 Å². The summed E-state index contributed by atoms with van der Waals surface area (Å²) in [6.07, 6.45) is 1.16. The Balaban J connectivity index is 1.96. The monoisotopic (exact) mass is 371 g/mol. The highest BCUT2D eigenvalue weighted by atomic mass is 32.2. The third kappa shape index (κ3) is 3.83. The number of piperidine rings is 1. The lowest BCUT2D eigenvalue weighted by Crippen LogP contribution is -2.50. The molecule has 1 fully saturated rings. The Morgan fingerprint density at radius 1 is 0.962 bits per heavy atom. The Hall–Kier alpha value is -2.14. The lowest BCUT2D eigenvalue weighted by molar-refractivity contribution is -0.134. The van der Waals surface area contributed by atoms with Crippen LogP contribution in [0.3, 0.4) is 0 Å². The molecule has 1 saturated heterocycles. The first-order valence-electron chi connectivity index (χ1n) is 9.06. The molecule has 1 amide bonds. The number of hydrogen-bond acceptors (Lipinski definition) is 3. The van der Waals surface area contributed by atoms with Gasteiger partial charge in [-0.25, -0.2) is 8.42 Å². The van der Waals surface area contributed by atoms with Crippen molar-refractivity contribution in [3.63, 3.8) is 0 Å². The number of nitrogens with zero attached hydrogens (tertiary/aromatic N) is 1. The maximum Gasteiger partial charge on any atom is 0.222 e. The zero-order chi connectivity index (χ0) is 18.6. The topological polar surface area (TPSA) is 54.5 Å². The molecule has 0 aliphatic carbocycles. The summed E-state index contributed by atoms with van der Waals surface area (Å²) in [5.41, 5.74) is 2.04. The molecule has 138 valence electrons. The standard InChI is InChI=1S/C21H25NO3S/c1-2-26(24,25)16-15-22-17-21(14-13-20(22)23,18-9-5-3-6-10-18)19-11-7-4-8-12-19/h3-12H,2,13-17H2,1H3. The van der Waals surface area contributed by atoms with E-state index in [1.54, 1.807) is 11.8 Å². The molecule has 2 aromatic carbocycles. The first-order chi connectivity index (χ1) is 12.5. The van der Waals surface area contributed by atoms with E-state index >= 15 is 0 Å². The summed E-state index contributed by atoms with van der Waals surface area (Å²) in [6, 6.07) is 20.4. The number of hydrogen-bond donors (Lipinski definition) is 0. The minimum Gasteiger partial charge on any atom is -0.340 e. The summed E-state index contributed by atoms with van der Waals surface area (Å²) >= 11 is 0. The fraction of sp³-hybridized carbons (Fsp3) is 0.381. The first kappa shape index (κ1) is 18.6. The number of carbonyl (C=O) groups excluding carboxylic acids is 1. The van der Waals surface area contributed by atoms with E-state index in [1.165, 1.54) is 11.1 Å². The minimum atomic E-state index is -3.10. The van der Waals surface area contributed by atoms with Gasteiger partial charge in [0.2, 0.25) is 5.91 Å². The van der Waals surface area contributed by atoms with Gasteiger partial charge in [-0.3, -0.25) is 4.79 Å². The first-order valence-corrected chi connectivity index (χ1v) is 10.9. The van der Waals surface area contributed by atoms with Crippen molar-refractivity contribution in [2.24, 2.45) is 0 Å². The van der Waals surface area contributed by atoms with Crippen molar-refractivity contribution in [3.8, 4) is 0 Å². The fourth-order valence-corrected chi connectivity index (χ4v) is 4.51. The third-order valence-electron chi connectivity index (χ3n) is 5.34. The second-order valence-electron chi connectivity index (χ2n) is 6.87. The molecule has 0 saturated carbocycles. The van der Waals surface area contributed by atoms with Crippen LogP contribution in [0.15, 0.2) is 60.7 Å². The van der Waals surface area contributed by atoms with Gasteiger partial charge in [-0.05, 0) is 17.5 Å². The number of amides is 1. The zero-order valence-electron chi connectivity index (χ0n) is 15.1. The Bertz CT molecular complexity index is 808. The molecule has 4 nitrogen and oxygen atoms in total.